The number of aliphatic hydroxyl groups excluding tert-OH is 1. The third kappa shape index (κ3) is 3.11. The summed E-state index contributed by atoms with van der Waals surface area (Å²) in [6.07, 6.45) is 1.56. The number of primary amides is 1. The second-order valence-electron chi connectivity index (χ2n) is 6.22. The normalized spacial score (nSPS) is 18.8. The van der Waals surface area contributed by atoms with Gasteiger partial charge in [0.05, 0.1) is 17.1 Å². The molecule has 0 aromatic heterocycles. The number of aliphatic hydroxyl groups is 1. The zero-order valence-corrected chi connectivity index (χ0v) is 13.6. The fourth-order valence-corrected chi connectivity index (χ4v) is 3.39. The molecule has 0 radical (unpaired) electrons. The first-order valence-electron chi connectivity index (χ1n) is 7.98. The third-order valence-electron chi connectivity index (χ3n) is 4.81. The topological polar surface area (TPSA) is 118 Å². The second kappa shape index (κ2) is 6.62. The Labute approximate surface area is 144 Å². The Morgan fingerprint density at radius 2 is 2.08 bits per heavy atom. The van der Waals surface area contributed by atoms with Crippen molar-refractivity contribution < 1.29 is 14.8 Å². The molecule has 7 heteroatoms. The van der Waals surface area contributed by atoms with Crippen LogP contribution in [-0.4, -0.2) is 22.5 Å². The molecule has 1 amide bonds. The molecule has 0 bridgehead atoms. The van der Waals surface area contributed by atoms with E-state index in [4.69, 9.17) is 5.73 Å². The van der Waals surface area contributed by atoms with Gasteiger partial charge >= 0.3 is 0 Å². The average molecular weight is 341 g/mol. The van der Waals surface area contributed by atoms with Crippen molar-refractivity contribution in [1.82, 2.24) is 5.32 Å². The number of nitrogens with two attached hydrogens (primary N) is 1. The minimum absolute atomic E-state index is 0.0959. The Balaban J connectivity index is 1.88. The van der Waals surface area contributed by atoms with Crippen molar-refractivity contribution in [2.75, 3.05) is 6.61 Å². The number of carbonyl (C=O) groups excluding carboxylic acids is 1. The van der Waals surface area contributed by atoms with E-state index in [-0.39, 0.29) is 24.4 Å². The van der Waals surface area contributed by atoms with Crippen LogP contribution in [0.15, 0.2) is 42.5 Å². The number of aryl methyl sites for hydroxylation is 1. The van der Waals surface area contributed by atoms with Gasteiger partial charge in [-0.15, -0.1) is 0 Å². The molecule has 0 spiro atoms. The van der Waals surface area contributed by atoms with Crippen molar-refractivity contribution >= 4 is 11.6 Å². The minimum Gasteiger partial charge on any atom is -0.394 e. The molecule has 130 valence electrons. The van der Waals surface area contributed by atoms with Crippen LogP contribution in [0.1, 0.15) is 33.5 Å². The summed E-state index contributed by atoms with van der Waals surface area (Å²) in [5.74, 6) is -0.709. The maximum absolute atomic E-state index is 11.3. The molecule has 1 unspecified atom stereocenters. The molecule has 2 aromatic carbocycles. The van der Waals surface area contributed by atoms with Gasteiger partial charge in [-0.3, -0.25) is 14.9 Å². The van der Waals surface area contributed by atoms with Crippen molar-refractivity contribution in [3.63, 3.8) is 0 Å². The van der Waals surface area contributed by atoms with Gasteiger partial charge < -0.3 is 16.2 Å². The molecule has 1 aliphatic rings. The largest absolute Gasteiger partial charge is 0.394 e. The van der Waals surface area contributed by atoms with Gasteiger partial charge in [0.25, 0.3) is 5.69 Å². The molecule has 0 saturated heterocycles. The molecule has 0 aliphatic heterocycles. The highest BCUT2D eigenvalue weighted by molar-refractivity contribution is 5.93. The third-order valence-corrected chi connectivity index (χ3v) is 4.81. The van der Waals surface area contributed by atoms with Crippen molar-refractivity contribution in [2.45, 2.75) is 24.9 Å². The van der Waals surface area contributed by atoms with Crippen molar-refractivity contribution in [3.05, 3.63) is 74.8 Å². The highest BCUT2D eigenvalue weighted by atomic mass is 16.6. The van der Waals surface area contributed by atoms with Gasteiger partial charge in [-0.1, -0.05) is 30.3 Å². The Morgan fingerprint density at radius 1 is 1.32 bits per heavy atom. The number of rotatable bonds is 6. The van der Waals surface area contributed by atoms with Crippen LogP contribution >= 0.6 is 0 Å². The lowest BCUT2D eigenvalue weighted by molar-refractivity contribution is -0.385. The van der Waals surface area contributed by atoms with Gasteiger partial charge in [-0.05, 0) is 30.0 Å². The highest BCUT2D eigenvalue weighted by Crippen LogP contribution is 2.37. The minimum atomic E-state index is -0.709. The maximum Gasteiger partial charge on any atom is 0.274 e. The number of hydrogen-bond donors (Lipinski definition) is 3. The molecular weight excluding hydrogens is 322 g/mol. The highest BCUT2D eigenvalue weighted by Gasteiger charge is 2.37. The van der Waals surface area contributed by atoms with Crippen molar-refractivity contribution in [1.29, 1.82) is 0 Å². The molecule has 2 aromatic rings. The first-order valence-corrected chi connectivity index (χ1v) is 7.98. The van der Waals surface area contributed by atoms with Crippen LogP contribution in [-0.2, 0) is 18.5 Å². The lowest BCUT2D eigenvalue weighted by atomic mass is 9.92. The number of fused-ring (bicyclic) bond motifs is 1. The fourth-order valence-electron chi connectivity index (χ4n) is 3.39. The van der Waals surface area contributed by atoms with Crippen molar-refractivity contribution in [2.24, 2.45) is 5.73 Å². The van der Waals surface area contributed by atoms with Crippen LogP contribution < -0.4 is 11.1 Å². The van der Waals surface area contributed by atoms with Crippen LogP contribution in [0, 0.1) is 10.1 Å². The monoisotopic (exact) mass is 341 g/mol. The summed E-state index contributed by atoms with van der Waals surface area (Å²) >= 11 is 0. The summed E-state index contributed by atoms with van der Waals surface area (Å²) in [5, 5.41) is 24.6. The Kier molecular flexibility index (Phi) is 4.52. The molecule has 0 saturated carbocycles. The molecule has 0 heterocycles. The average Bonchev–Trinajstić information content (AvgIpc) is 2.99. The zero-order chi connectivity index (χ0) is 18.0. The predicted octanol–water partition coefficient (Wildman–Crippen LogP) is 1.62. The van der Waals surface area contributed by atoms with Crippen LogP contribution in [0.3, 0.4) is 0 Å². The smallest absolute Gasteiger partial charge is 0.274 e. The molecule has 1 atom stereocenters. The van der Waals surface area contributed by atoms with E-state index >= 15 is 0 Å². The number of nitro groups is 1. The number of carbonyl (C=O) groups is 1. The number of nitrogens with one attached hydrogen (secondary N) is 1. The maximum atomic E-state index is 11.3. The van der Waals surface area contributed by atoms with Gasteiger partial charge in [0.15, 0.2) is 0 Å². The first-order chi connectivity index (χ1) is 12.0. The molecule has 7 nitrogen and oxygen atoms in total. The van der Waals surface area contributed by atoms with Gasteiger partial charge in [-0.2, -0.15) is 0 Å². The summed E-state index contributed by atoms with van der Waals surface area (Å²) < 4.78 is 0. The SMILES string of the molecule is NC(=O)c1ccc(CNC2(CO)CCc3ccccc32)c([N+](=O)[O-])c1. The van der Waals surface area contributed by atoms with Gasteiger partial charge in [0.2, 0.25) is 5.91 Å². The number of nitro benzene ring substituents is 1. The van der Waals surface area contributed by atoms with Crippen LogP contribution in [0.5, 0.6) is 0 Å². The van der Waals surface area contributed by atoms with E-state index in [0.29, 0.717) is 5.56 Å². The molecule has 25 heavy (non-hydrogen) atoms. The molecule has 4 N–H and O–H groups in total. The van der Waals surface area contributed by atoms with Crippen LogP contribution in [0.4, 0.5) is 5.69 Å². The number of hydrogen-bond acceptors (Lipinski definition) is 5. The Morgan fingerprint density at radius 3 is 2.76 bits per heavy atom. The number of nitrogens with zero attached hydrogens (tertiary/aromatic N) is 1. The van der Waals surface area contributed by atoms with Crippen LogP contribution in [0.25, 0.3) is 0 Å². The van der Waals surface area contributed by atoms with Gasteiger partial charge in [0, 0.05) is 23.7 Å². The second-order valence-corrected chi connectivity index (χ2v) is 6.22. The summed E-state index contributed by atoms with van der Waals surface area (Å²) in [5.41, 5.74) is 7.13. The predicted molar refractivity (Wildman–Crippen MR) is 92.0 cm³/mol. The van der Waals surface area contributed by atoms with E-state index in [0.717, 1.165) is 18.4 Å². The van der Waals surface area contributed by atoms with E-state index in [1.165, 1.54) is 23.8 Å². The van der Waals surface area contributed by atoms with E-state index in [2.05, 4.69) is 5.32 Å². The van der Waals surface area contributed by atoms with Crippen molar-refractivity contribution in [3.8, 4) is 0 Å². The summed E-state index contributed by atoms with van der Waals surface area (Å²) in [6.45, 7) is 0.0986. The quantitative estimate of drug-likeness (QED) is 0.545. The zero-order valence-electron chi connectivity index (χ0n) is 13.6. The van der Waals surface area contributed by atoms with E-state index < -0.39 is 16.4 Å². The molecule has 1 aliphatic carbocycles. The van der Waals surface area contributed by atoms with E-state index in [9.17, 15) is 20.0 Å². The summed E-state index contributed by atoms with van der Waals surface area (Å²) in [6, 6.07) is 12.1. The standard InChI is InChI=1S/C18H19N3O4/c19-17(23)13-5-6-14(16(9-13)21(24)25)10-20-18(11-22)8-7-12-3-1-2-4-15(12)18/h1-6,9,20,22H,7-8,10-11H2,(H2,19,23). The number of benzene rings is 2. The lowest BCUT2D eigenvalue weighted by Gasteiger charge is -2.30. The fraction of sp³-hybridized carbons (Fsp3) is 0.278. The Bertz CT molecular complexity index is 837. The number of amides is 1. The van der Waals surface area contributed by atoms with Gasteiger partial charge in [-0.25, -0.2) is 0 Å². The van der Waals surface area contributed by atoms with Gasteiger partial charge in [0.1, 0.15) is 0 Å². The molecule has 0 fully saturated rings. The first kappa shape index (κ1) is 17.1. The van der Waals surface area contributed by atoms with Crippen LogP contribution in [0.2, 0.25) is 0 Å². The van der Waals surface area contributed by atoms with E-state index in [1.54, 1.807) is 0 Å². The summed E-state index contributed by atoms with van der Waals surface area (Å²) in [4.78, 5) is 22.0. The molecular formula is C18H19N3O4. The molecule has 3 rings (SSSR count). The van der Waals surface area contributed by atoms with E-state index in [1.807, 2.05) is 24.3 Å². The Hall–Kier alpha value is -2.77. The summed E-state index contributed by atoms with van der Waals surface area (Å²) in [7, 11) is 0. The lowest BCUT2D eigenvalue weighted by Crippen LogP contribution is -2.43.